The van der Waals surface area contributed by atoms with Gasteiger partial charge < -0.3 is 9.64 Å². The van der Waals surface area contributed by atoms with Crippen LogP contribution in [-0.2, 0) is 17.6 Å². The largest absolute Gasteiger partial charge is 0.376 e. The molecule has 1 aliphatic carbocycles. The van der Waals surface area contributed by atoms with Crippen molar-refractivity contribution < 1.29 is 4.74 Å². The van der Waals surface area contributed by atoms with Gasteiger partial charge in [0, 0.05) is 30.0 Å². The van der Waals surface area contributed by atoms with Crippen LogP contribution in [-0.4, -0.2) is 52.0 Å². The fourth-order valence-corrected chi connectivity index (χ4v) is 5.00. The van der Waals surface area contributed by atoms with E-state index in [9.17, 15) is 0 Å². The van der Waals surface area contributed by atoms with Gasteiger partial charge in [0.15, 0.2) is 0 Å². The van der Waals surface area contributed by atoms with Gasteiger partial charge in [-0.1, -0.05) is 11.6 Å². The number of fused-ring (bicyclic) bond motifs is 3. The summed E-state index contributed by atoms with van der Waals surface area (Å²) >= 11 is 6.34. The molecule has 1 saturated carbocycles. The van der Waals surface area contributed by atoms with E-state index in [0.29, 0.717) is 12.0 Å². The SMILES string of the molecule is CCOC1(C)CCC(c2nnc3n2-c2ccc(Cl)cc2CC(N(C)C)C3)CC1. The molecular formula is C22H31ClN4O. The van der Waals surface area contributed by atoms with Crippen molar-refractivity contribution in [3.8, 4) is 5.69 Å². The molecular weight excluding hydrogens is 372 g/mol. The number of rotatable bonds is 4. The zero-order valence-corrected chi connectivity index (χ0v) is 18.2. The standard InChI is InChI=1S/C22H31ClN4O/c1-5-28-22(2)10-8-15(9-11-22)21-25-24-20-14-18(26(3)4)13-16-12-17(23)6-7-19(16)27(20)21/h6-7,12,15,18H,5,8-11,13-14H2,1-4H3. The van der Waals surface area contributed by atoms with E-state index < -0.39 is 0 Å². The summed E-state index contributed by atoms with van der Waals surface area (Å²) in [7, 11) is 4.27. The molecule has 2 aromatic rings. The normalized spacial score (nSPS) is 27.4. The third kappa shape index (κ3) is 3.72. The first-order valence-corrected chi connectivity index (χ1v) is 10.8. The Balaban J connectivity index is 1.70. The van der Waals surface area contributed by atoms with E-state index in [4.69, 9.17) is 21.4 Å². The lowest BCUT2D eigenvalue weighted by molar-refractivity contribution is -0.0538. The van der Waals surface area contributed by atoms with Gasteiger partial charge in [0.1, 0.15) is 11.6 Å². The van der Waals surface area contributed by atoms with E-state index >= 15 is 0 Å². The van der Waals surface area contributed by atoms with Crippen molar-refractivity contribution in [2.24, 2.45) is 0 Å². The number of hydrogen-bond acceptors (Lipinski definition) is 4. The van der Waals surface area contributed by atoms with Gasteiger partial charge in [0.05, 0.1) is 11.3 Å². The van der Waals surface area contributed by atoms with Crippen LogP contribution in [0.1, 0.15) is 62.7 Å². The first-order chi connectivity index (χ1) is 13.4. The zero-order valence-electron chi connectivity index (χ0n) is 17.4. The highest BCUT2D eigenvalue weighted by Crippen LogP contribution is 2.41. The van der Waals surface area contributed by atoms with Gasteiger partial charge in [0.2, 0.25) is 0 Å². The maximum atomic E-state index is 6.34. The first-order valence-electron chi connectivity index (χ1n) is 10.4. The summed E-state index contributed by atoms with van der Waals surface area (Å²) in [5.74, 6) is 2.60. The molecule has 0 N–H and O–H groups in total. The minimum atomic E-state index is 0.00827. The fourth-order valence-electron chi connectivity index (χ4n) is 4.81. The van der Waals surface area contributed by atoms with Crippen molar-refractivity contribution in [1.82, 2.24) is 19.7 Å². The lowest BCUT2D eigenvalue weighted by atomic mass is 9.79. The molecule has 1 aromatic carbocycles. The molecule has 0 saturated heterocycles. The topological polar surface area (TPSA) is 43.2 Å². The molecule has 152 valence electrons. The predicted molar refractivity (Wildman–Crippen MR) is 112 cm³/mol. The second-order valence-corrected chi connectivity index (χ2v) is 9.20. The molecule has 2 heterocycles. The molecule has 0 radical (unpaired) electrons. The molecule has 1 aromatic heterocycles. The minimum absolute atomic E-state index is 0.00827. The summed E-state index contributed by atoms with van der Waals surface area (Å²) in [6.45, 7) is 5.11. The van der Waals surface area contributed by atoms with E-state index in [-0.39, 0.29) is 5.60 Å². The van der Waals surface area contributed by atoms with Crippen molar-refractivity contribution in [3.63, 3.8) is 0 Å². The van der Waals surface area contributed by atoms with E-state index in [1.54, 1.807) is 0 Å². The zero-order chi connectivity index (χ0) is 19.9. The van der Waals surface area contributed by atoms with Gasteiger partial charge in [-0.05, 0) is 83.8 Å². The molecule has 1 atom stereocenters. The second-order valence-electron chi connectivity index (χ2n) is 8.77. The van der Waals surface area contributed by atoms with Crippen molar-refractivity contribution in [1.29, 1.82) is 0 Å². The Morgan fingerprint density at radius 2 is 1.96 bits per heavy atom. The van der Waals surface area contributed by atoms with Crippen molar-refractivity contribution in [2.45, 2.75) is 69.9 Å². The maximum Gasteiger partial charge on any atom is 0.140 e. The molecule has 0 bridgehead atoms. The van der Waals surface area contributed by atoms with Crippen LogP contribution in [0.3, 0.4) is 0 Å². The van der Waals surface area contributed by atoms with Gasteiger partial charge in [-0.25, -0.2) is 0 Å². The Bertz CT molecular complexity index is 839. The molecule has 6 heteroatoms. The monoisotopic (exact) mass is 402 g/mol. The van der Waals surface area contributed by atoms with Crippen LogP contribution < -0.4 is 0 Å². The summed E-state index contributed by atoms with van der Waals surface area (Å²) < 4.78 is 8.34. The van der Waals surface area contributed by atoms with Gasteiger partial charge in [-0.2, -0.15) is 0 Å². The van der Waals surface area contributed by atoms with Crippen LogP contribution in [0.2, 0.25) is 5.02 Å². The minimum Gasteiger partial charge on any atom is -0.376 e. The Kier molecular flexibility index (Phi) is 5.51. The van der Waals surface area contributed by atoms with Crippen LogP contribution in [0, 0.1) is 0 Å². The number of halogens is 1. The number of benzene rings is 1. The summed E-state index contributed by atoms with van der Waals surface area (Å²) in [5.41, 5.74) is 2.48. The van der Waals surface area contributed by atoms with Crippen molar-refractivity contribution in [2.75, 3.05) is 20.7 Å². The van der Waals surface area contributed by atoms with E-state index in [1.165, 1.54) is 11.3 Å². The third-order valence-corrected chi connectivity index (χ3v) is 6.78. The quantitative estimate of drug-likeness (QED) is 0.760. The van der Waals surface area contributed by atoms with E-state index in [0.717, 1.165) is 61.8 Å². The molecule has 1 unspecified atom stereocenters. The van der Waals surface area contributed by atoms with Gasteiger partial charge in [0.25, 0.3) is 0 Å². The van der Waals surface area contributed by atoms with Gasteiger partial charge in [-0.15, -0.1) is 10.2 Å². The van der Waals surface area contributed by atoms with E-state index in [2.05, 4.69) is 54.6 Å². The van der Waals surface area contributed by atoms with Crippen LogP contribution in [0.5, 0.6) is 0 Å². The number of likely N-dealkylation sites (N-methyl/N-ethyl adjacent to an activating group) is 1. The number of aromatic nitrogens is 3. The highest BCUT2D eigenvalue weighted by molar-refractivity contribution is 6.30. The average molecular weight is 403 g/mol. The van der Waals surface area contributed by atoms with Gasteiger partial charge in [-0.3, -0.25) is 4.57 Å². The molecule has 1 aliphatic heterocycles. The molecule has 0 spiro atoms. The lowest BCUT2D eigenvalue weighted by Crippen LogP contribution is -2.34. The van der Waals surface area contributed by atoms with Crippen LogP contribution in [0.25, 0.3) is 5.69 Å². The second kappa shape index (κ2) is 7.77. The Labute approximate surface area is 173 Å². The maximum absolute atomic E-state index is 6.34. The van der Waals surface area contributed by atoms with Gasteiger partial charge >= 0.3 is 0 Å². The predicted octanol–water partition coefficient (Wildman–Crippen LogP) is 4.40. The Morgan fingerprint density at radius 3 is 2.64 bits per heavy atom. The first kappa shape index (κ1) is 19.9. The summed E-state index contributed by atoms with van der Waals surface area (Å²) in [4.78, 5) is 2.28. The molecule has 5 nitrogen and oxygen atoms in total. The number of hydrogen-bond donors (Lipinski definition) is 0. The lowest BCUT2D eigenvalue weighted by Gasteiger charge is -2.36. The molecule has 4 rings (SSSR count). The number of nitrogens with zero attached hydrogens (tertiary/aromatic N) is 4. The molecule has 2 aliphatic rings. The molecule has 28 heavy (non-hydrogen) atoms. The number of ether oxygens (including phenoxy) is 1. The Morgan fingerprint density at radius 1 is 1.21 bits per heavy atom. The fraction of sp³-hybridized carbons (Fsp3) is 0.636. The Hall–Kier alpha value is -1.43. The van der Waals surface area contributed by atoms with Crippen molar-refractivity contribution >= 4 is 11.6 Å². The summed E-state index contributed by atoms with van der Waals surface area (Å²) in [5, 5.41) is 10.1. The smallest absolute Gasteiger partial charge is 0.140 e. The summed E-state index contributed by atoms with van der Waals surface area (Å²) in [6.07, 6.45) is 6.20. The van der Waals surface area contributed by atoms with E-state index in [1.807, 2.05) is 6.07 Å². The summed E-state index contributed by atoms with van der Waals surface area (Å²) in [6, 6.07) is 6.62. The molecule has 0 amide bonds. The van der Waals surface area contributed by atoms with Crippen LogP contribution in [0.4, 0.5) is 0 Å². The highest BCUT2D eigenvalue weighted by atomic mass is 35.5. The average Bonchev–Trinajstić information content (AvgIpc) is 2.98. The van der Waals surface area contributed by atoms with Crippen molar-refractivity contribution in [3.05, 3.63) is 40.4 Å². The highest BCUT2D eigenvalue weighted by Gasteiger charge is 2.36. The van der Waals surface area contributed by atoms with Crippen LogP contribution in [0.15, 0.2) is 18.2 Å². The third-order valence-electron chi connectivity index (χ3n) is 6.54. The van der Waals surface area contributed by atoms with Crippen LogP contribution >= 0.6 is 11.6 Å². The molecule has 1 fully saturated rings.